The smallest absolute Gasteiger partial charge is 0.183 e. The molecule has 6 rings (SSSR count). The second-order valence-corrected chi connectivity index (χ2v) is 9.43. The first-order valence-electron chi connectivity index (χ1n) is 12.2. The molecule has 1 unspecified atom stereocenters. The Morgan fingerprint density at radius 2 is 2.06 bits per heavy atom. The lowest BCUT2D eigenvalue weighted by Gasteiger charge is -2.36. The molecule has 9 heteroatoms. The molecule has 2 fully saturated rings. The normalized spacial score (nSPS) is 25.9. The van der Waals surface area contributed by atoms with Gasteiger partial charge in [-0.1, -0.05) is 0 Å². The quantitative estimate of drug-likeness (QED) is 0.651. The number of aromatic nitrogens is 5. The summed E-state index contributed by atoms with van der Waals surface area (Å²) in [4.78, 5) is 19.1. The molecule has 3 aliphatic heterocycles. The van der Waals surface area contributed by atoms with E-state index >= 15 is 0 Å². The molecule has 3 atom stereocenters. The van der Waals surface area contributed by atoms with Crippen LogP contribution < -0.4 is 9.80 Å². The van der Waals surface area contributed by atoms with Gasteiger partial charge < -0.3 is 19.6 Å². The Kier molecular flexibility index (Phi) is 5.38. The first-order chi connectivity index (χ1) is 16.2. The molecule has 3 aromatic rings. The number of aliphatic hydroxyl groups excluding tert-OH is 1. The molecule has 2 saturated heterocycles. The second-order valence-electron chi connectivity index (χ2n) is 9.43. The summed E-state index contributed by atoms with van der Waals surface area (Å²) >= 11 is 0. The summed E-state index contributed by atoms with van der Waals surface area (Å²) in [6.07, 6.45) is 9.97. The van der Waals surface area contributed by atoms with Crippen molar-refractivity contribution in [3.8, 4) is 0 Å². The van der Waals surface area contributed by atoms with Crippen molar-refractivity contribution in [3.63, 3.8) is 0 Å². The molecule has 0 saturated carbocycles. The molecule has 174 valence electrons. The second kappa shape index (κ2) is 8.53. The summed E-state index contributed by atoms with van der Waals surface area (Å²) in [7, 11) is 0. The van der Waals surface area contributed by atoms with E-state index in [1.807, 2.05) is 23.1 Å². The first kappa shape index (κ1) is 20.8. The number of hydrogen-bond donors (Lipinski definition) is 1. The Morgan fingerprint density at radius 1 is 1.12 bits per heavy atom. The lowest BCUT2D eigenvalue weighted by atomic mass is 10.0. The Morgan fingerprint density at radius 3 is 2.91 bits per heavy atom. The molecule has 0 aromatic carbocycles. The number of hydrogen-bond acceptors (Lipinski definition) is 8. The van der Waals surface area contributed by atoms with Gasteiger partial charge in [0.15, 0.2) is 23.2 Å². The van der Waals surface area contributed by atoms with Gasteiger partial charge in [-0.2, -0.15) is 0 Å². The number of nitrogens with zero attached hydrogens (tertiary/aromatic N) is 7. The van der Waals surface area contributed by atoms with Gasteiger partial charge in [0.25, 0.3) is 0 Å². The molecule has 0 aliphatic carbocycles. The van der Waals surface area contributed by atoms with Crippen molar-refractivity contribution < 1.29 is 9.84 Å². The highest BCUT2D eigenvalue weighted by Gasteiger charge is 2.30. The summed E-state index contributed by atoms with van der Waals surface area (Å²) in [5, 5.41) is 15.1. The van der Waals surface area contributed by atoms with E-state index in [-0.39, 0.29) is 18.4 Å². The van der Waals surface area contributed by atoms with Crippen LogP contribution in [0.5, 0.6) is 0 Å². The van der Waals surface area contributed by atoms with E-state index in [0.29, 0.717) is 0 Å². The SMILES string of the molecule is C[C@@H]1C[C@H](O)CCN1c1cnc2c(N3CCCc4ncccc43)nn(C3CCCCO3)c2n1. The van der Waals surface area contributed by atoms with Crippen molar-refractivity contribution in [3.05, 3.63) is 30.2 Å². The van der Waals surface area contributed by atoms with E-state index < -0.39 is 0 Å². The minimum atomic E-state index is -0.242. The highest BCUT2D eigenvalue weighted by molar-refractivity contribution is 5.88. The van der Waals surface area contributed by atoms with E-state index in [1.165, 1.54) is 0 Å². The van der Waals surface area contributed by atoms with E-state index in [4.69, 9.17) is 19.8 Å². The Hall–Kier alpha value is -2.78. The highest BCUT2D eigenvalue weighted by atomic mass is 16.5. The predicted molar refractivity (Wildman–Crippen MR) is 126 cm³/mol. The van der Waals surface area contributed by atoms with Crippen molar-refractivity contribution in [1.29, 1.82) is 0 Å². The summed E-state index contributed by atoms with van der Waals surface area (Å²) in [6.45, 7) is 4.53. The fraction of sp³-hybridized carbons (Fsp3) is 0.583. The van der Waals surface area contributed by atoms with Crippen molar-refractivity contribution in [2.45, 2.75) is 70.2 Å². The molecule has 9 nitrogen and oxygen atoms in total. The third-order valence-electron chi connectivity index (χ3n) is 7.15. The van der Waals surface area contributed by atoms with Crippen LogP contribution in [0.2, 0.25) is 0 Å². The van der Waals surface area contributed by atoms with E-state index in [0.717, 1.165) is 98.8 Å². The summed E-state index contributed by atoms with van der Waals surface area (Å²) in [6, 6.07) is 4.31. The summed E-state index contributed by atoms with van der Waals surface area (Å²) in [5.41, 5.74) is 3.77. The van der Waals surface area contributed by atoms with Crippen LogP contribution in [0.25, 0.3) is 11.2 Å². The van der Waals surface area contributed by atoms with Crippen LogP contribution in [0.15, 0.2) is 24.5 Å². The van der Waals surface area contributed by atoms with E-state index in [2.05, 4.69) is 27.8 Å². The Bertz CT molecular complexity index is 1140. The van der Waals surface area contributed by atoms with Gasteiger partial charge in [-0.25, -0.2) is 14.6 Å². The van der Waals surface area contributed by atoms with E-state index in [9.17, 15) is 5.11 Å². The summed E-state index contributed by atoms with van der Waals surface area (Å²) in [5.74, 6) is 1.67. The van der Waals surface area contributed by atoms with Crippen LogP contribution in [-0.4, -0.2) is 61.7 Å². The van der Waals surface area contributed by atoms with Crippen molar-refractivity contribution in [1.82, 2.24) is 24.7 Å². The molecule has 0 radical (unpaired) electrons. The third-order valence-corrected chi connectivity index (χ3v) is 7.15. The molecular weight excluding hydrogens is 418 g/mol. The van der Waals surface area contributed by atoms with Crippen LogP contribution in [0.1, 0.15) is 57.4 Å². The maximum atomic E-state index is 10.1. The Balaban J connectivity index is 1.46. The summed E-state index contributed by atoms with van der Waals surface area (Å²) < 4.78 is 8.07. The largest absolute Gasteiger partial charge is 0.393 e. The highest BCUT2D eigenvalue weighted by Crippen LogP contribution is 2.37. The predicted octanol–water partition coefficient (Wildman–Crippen LogP) is 3.35. The van der Waals surface area contributed by atoms with Crippen LogP contribution in [0, 0.1) is 0 Å². The zero-order valence-corrected chi connectivity index (χ0v) is 19.1. The monoisotopic (exact) mass is 449 g/mol. The lowest BCUT2D eigenvalue weighted by Crippen LogP contribution is -2.43. The van der Waals surface area contributed by atoms with Gasteiger partial charge >= 0.3 is 0 Å². The average Bonchev–Trinajstić information content (AvgIpc) is 3.23. The number of aliphatic hydroxyl groups is 1. The molecule has 0 amide bonds. The Labute approximate surface area is 193 Å². The van der Waals surface area contributed by atoms with Gasteiger partial charge in [-0.05, 0) is 64.0 Å². The molecule has 0 bridgehead atoms. The number of rotatable bonds is 3. The van der Waals surface area contributed by atoms with Crippen LogP contribution in [0.4, 0.5) is 17.3 Å². The van der Waals surface area contributed by atoms with Crippen LogP contribution in [-0.2, 0) is 11.2 Å². The maximum absolute atomic E-state index is 10.1. The number of aryl methyl sites for hydroxylation is 1. The molecule has 3 aromatic heterocycles. The molecular formula is C24H31N7O2. The fourth-order valence-corrected chi connectivity index (χ4v) is 5.42. The number of fused-ring (bicyclic) bond motifs is 2. The molecule has 0 spiro atoms. The van der Waals surface area contributed by atoms with Gasteiger partial charge in [-0.3, -0.25) is 4.98 Å². The van der Waals surface area contributed by atoms with Crippen molar-refractivity contribution in [2.24, 2.45) is 0 Å². The van der Waals surface area contributed by atoms with Crippen LogP contribution in [0.3, 0.4) is 0 Å². The van der Waals surface area contributed by atoms with Gasteiger partial charge in [0.05, 0.1) is 23.7 Å². The minimum Gasteiger partial charge on any atom is -0.393 e. The zero-order valence-electron chi connectivity index (χ0n) is 19.1. The third kappa shape index (κ3) is 3.73. The van der Waals surface area contributed by atoms with Crippen molar-refractivity contribution in [2.75, 3.05) is 29.5 Å². The average molecular weight is 450 g/mol. The van der Waals surface area contributed by atoms with Crippen LogP contribution >= 0.6 is 0 Å². The topological polar surface area (TPSA) is 92.4 Å². The number of ether oxygens (including phenoxy) is 1. The zero-order chi connectivity index (χ0) is 22.4. The molecule has 33 heavy (non-hydrogen) atoms. The maximum Gasteiger partial charge on any atom is 0.183 e. The standard InChI is InChI=1S/C24H31N7O2/c1-16-14-17(32)9-12-29(16)20-15-26-22-23(27-20)31(21-8-2-3-13-33-21)28-24(22)30-11-5-6-18-19(30)7-4-10-25-18/h4,7,10,15-17,21,32H,2-3,5-6,8-9,11-14H2,1H3/t16-,17-,21?/m1/s1. The van der Waals surface area contributed by atoms with Crippen molar-refractivity contribution >= 4 is 28.5 Å². The van der Waals surface area contributed by atoms with Gasteiger partial charge in [0, 0.05) is 31.9 Å². The van der Waals surface area contributed by atoms with E-state index in [1.54, 1.807) is 0 Å². The molecule has 6 heterocycles. The number of anilines is 3. The number of pyridine rings is 1. The fourth-order valence-electron chi connectivity index (χ4n) is 5.42. The van der Waals surface area contributed by atoms with Gasteiger partial charge in [-0.15, -0.1) is 5.10 Å². The van der Waals surface area contributed by atoms with Gasteiger partial charge in [0.2, 0.25) is 0 Å². The molecule has 1 N–H and O–H groups in total. The van der Waals surface area contributed by atoms with Gasteiger partial charge in [0.1, 0.15) is 5.82 Å². The number of piperidine rings is 1. The minimum absolute atomic E-state index is 0.127. The lowest BCUT2D eigenvalue weighted by molar-refractivity contribution is -0.0368. The molecule has 3 aliphatic rings. The first-order valence-corrected chi connectivity index (χ1v) is 12.2.